The lowest BCUT2D eigenvalue weighted by Crippen LogP contribution is -2.23. The molecule has 8 heteroatoms. The molecular weight excluding hydrogens is 290 g/mol. The topological polar surface area (TPSA) is 108 Å². The molecule has 0 atom stereocenters. The van der Waals surface area contributed by atoms with Gasteiger partial charge in [-0.2, -0.15) is 5.26 Å². The van der Waals surface area contributed by atoms with Crippen LogP contribution in [0.2, 0.25) is 0 Å². The van der Waals surface area contributed by atoms with E-state index in [1.54, 1.807) is 31.3 Å². The number of anilines is 1. The maximum atomic E-state index is 12.1. The van der Waals surface area contributed by atoms with E-state index in [0.29, 0.717) is 17.1 Å². The largest absolute Gasteiger partial charge is 0.357 e. The molecule has 0 spiro atoms. The number of sulfonamides is 1. The Kier molecular flexibility index (Phi) is 4.47. The lowest BCUT2D eigenvalue weighted by Gasteiger charge is -2.07. The van der Waals surface area contributed by atoms with Crippen molar-refractivity contribution in [3.8, 4) is 6.07 Å². The zero-order chi connectivity index (χ0) is 15.3. The second-order valence-electron chi connectivity index (χ2n) is 4.13. The monoisotopic (exact) mass is 303 g/mol. The fourth-order valence-corrected chi connectivity index (χ4v) is 2.50. The number of aromatic nitrogens is 2. The summed E-state index contributed by atoms with van der Waals surface area (Å²) in [5.74, 6) is 0.343. The molecule has 0 aliphatic rings. The van der Waals surface area contributed by atoms with Crippen LogP contribution in [0.5, 0.6) is 0 Å². The normalized spacial score (nSPS) is 10.9. The second-order valence-corrected chi connectivity index (χ2v) is 5.90. The summed E-state index contributed by atoms with van der Waals surface area (Å²) in [5, 5.41) is 11.5. The molecule has 2 rings (SSSR count). The van der Waals surface area contributed by atoms with Gasteiger partial charge in [-0.05, 0) is 17.7 Å². The minimum atomic E-state index is -3.69. The average molecular weight is 303 g/mol. The predicted molar refractivity (Wildman–Crippen MR) is 76.8 cm³/mol. The number of nitriles is 1. The lowest BCUT2D eigenvalue weighted by molar-refractivity contribution is 0.580. The highest BCUT2D eigenvalue weighted by Gasteiger charge is 2.14. The van der Waals surface area contributed by atoms with Crippen molar-refractivity contribution in [1.29, 1.82) is 5.26 Å². The first-order valence-electron chi connectivity index (χ1n) is 6.03. The highest BCUT2D eigenvalue weighted by Crippen LogP contribution is 2.09. The molecule has 2 N–H and O–H groups in total. The second kappa shape index (κ2) is 6.30. The minimum absolute atomic E-state index is 0.0158. The average Bonchev–Trinajstić information content (AvgIpc) is 2.53. The van der Waals surface area contributed by atoms with Crippen LogP contribution in [-0.2, 0) is 16.6 Å². The van der Waals surface area contributed by atoms with E-state index in [4.69, 9.17) is 5.26 Å². The first-order valence-corrected chi connectivity index (χ1v) is 7.52. The molecule has 0 amide bonds. The van der Waals surface area contributed by atoms with Crippen LogP contribution in [-0.4, -0.2) is 25.4 Å². The highest BCUT2D eigenvalue weighted by molar-refractivity contribution is 7.89. The van der Waals surface area contributed by atoms with E-state index in [0.717, 1.165) is 0 Å². The Labute approximate surface area is 122 Å². The van der Waals surface area contributed by atoms with Crippen LogP contribution in [0.15, 0.2) is 41.6 Å². The van der Waals surface area contributed by atoms with Crippen LogP contribution >= 0.6 is 0 Å². The van der Waals surface area contributed by atoms with Crippen molar-refractivity contribution in [2.24, 2.45) is 0 Å². The van der Waals surface area contributed by atoms with Crippen molar-refractivity contribution < 1.29 is 8.42 Å². The van der Waals surface area contributed by atoms with Crippen molar-refractivity contribution >= 4 is 16.0 Å². The van der Waals surface area contributed by atoms with Crippen molar-refractivity contribution in [3.63, 3.8) is 0 Å². The molecule has 0 saturated heterocycles. The smallest absolute Gasteiger partial charge is 0.243 e. The van der Waals surface area contributed by atoms with Gasteiger partial charge >= 0.3 is 0 Å². The van der Waals surface area contributed by atoms with Crippen LogP contribution in [0.1, 0.15) is 11.1 Å². The summed E-state index contributed by atoms with van der Waals surface area (Å²) in [5.41, 5.74) is 1.18. The number of nitrogens with zero attached hydrogens (tertiary/aromatic N) is 3. The molecule has 0 unspecified atom stereocenters. The van der Waals surface area contributed by atoms with E-state index in [9.17, 15) is 8.42 Å². The molecule has 108 valence electrons. The molecule has 7 nitrogen and oxygen atoms in total. The quantitative estimate of drug-likeness (QED) is 0.848. The molecule has 1 heterocycles. The Bertz CT molecular complexity index is 766. The summed E-state index contributed by atoms with van der Waals surface area (Å²) in [4.78, 5) is 7.71. The third-order valence-electron chi connectivity index (χ3n) is 2.68. The van der Waals surface area contributed by atoms with E-state index in [-0.39, 0.29) is 11.4 Å². The molecule has 0 aliphatic heterocycles. The number of hydrogen-bond donors (Lipinski definition) is 2. The summed E-state index contributed by atoms with van der Waals surface area (Å²) < 4.78 is 26.6. The van der Waals surface area contributed by atoms with Crippen LogP contribution in [0.4, 0.5) is 5.95 Å². The Morgan fingerprint density at radius 1 is 1.29 bits per heavy atom. The molecular formula is C13H13N5O2S. The molecule has 0 fully saturated rings. The maximum Gasteiger partial charge on any atom is 0.243 e. The summed E-state index contributed by atoms with van der Waals surface area (Å²) in [6, 6.07) is 8.73. The van der Waals surface area contributed by atoms with Crippen LogP contribution < -0.4 is 10.0 Å². The first kappa shape index (κ1) is 14.9. The summed E-state index contributed by atoms with van der Waals surface area (Å²) in [7, 11) is -2.05. The molecule has 0 saturated carbocycles. The highest BCUT2D eigenvalue weighted by atomic mass is 32.2. The molecule has 0 bridgehead atoms. The standard InChI is InChI=1S/C13H13N5O2S/c1-15-13-16-8-12(9-17-13)21(19,20)18-7-11-4-2-3-10(5-11)6-14/h2-5,8-9,18H,7H2,1H3,(H,15,16,17). The van der Waals surface area contributed by atoms with Gasteiger partial charge < -0.3 is 5.32 Å². The lowest BCUT2D eigenvalue weighted by atomic mass is 10.1. The van der Waals surface area contributed by atoms with Gasteiger partial charge in [0, 0.05) is 13.6 Å². The molecule has 2 aromatic rings. The van der Waals surface area contributed by atoms with E-state index >= 15 is 0 Å². The number of nitrogens with one attached hydrogen (secondary N) is 2. The van der Waals surface area contributed by atoms with Crippen LogP contribution in [0.25, 0.3) is 0 Å². The van der Waals surface area contributed by atoms with E-state index < -0.39 is 10.0 Å². The number of rotatable bonds is 5. The summed E-state index contributed by atoms with van der Waals surface area (Å²) in [6.07, 6.45) is 2.46. The Morgan fingerprint density at radius 2 is 2.00 bits per heavy atom. The van der Waals surface area contributed by atoms with Crippen LogP contribution in [0, 0.1) is 11.3 Å². The third kappa shape index (κ3) is 3.75. The molecule has 0 radical (unpaired) electrons. The Balaban J connectivity index is 2.11. The number of benzene rings is 1. The van der Waals surface area contributed by atoms with Crippen molar-refractivity contribution in [2.45, 2.75) is 11.4 Å². The zero-order valence-corrected chi connectivity index (χ0v) is 12.1. The zero-order valence-electron chi connectivity index (χ0n) is 11.2. The van der Waals surface area contributed by atoms with E-state index in [1.807, 2.05) is 6.07 Å². The predicted octanol–water partition coefficient (Wildman–Crippen LogP) is 0.868. The third-order valence-corrected chi connectivity index (χ3v) is 4.04. The fourth-order valence-electron chi connectivity index (χ4n) is 1.60. The van der Waals surface area contributed by atoms with Crippen molar-refractivity contribution in [1.82, 2.24) is 14.7 Å². The van der Waals surface area contributed by atoms with Gasteiger partial charge in [0.25, 0.3) is 0 Å². The van der Waals surface area contributed by atoms with Crippen molar-refractivity contribution in [3.05, 3.63) is 47.8 Å². The van der Waals surface area contributed by atoms with Crippen molar-refractivity contribution in [2.75, 3.05) is 12.4 Å². The van der Waals surface area contributed by atoms with Gasteiger partial charge in [-0.3, -0.25) is 0 Å². The van der Waals surface area contributed by atoms with Gasteiger partial charge in [-0.25, -0.2) is 23.1 Å². The Morgan fingerprint density at radius 3 is 2.62 bits per heavy atom. The summed E-state index contributed by atoms with van der Waals surface area (Å²) in [6.45, 7) is 0.0889. The summed E-state index contributed by atoms with van der Waals surface area (Å²) >= 11 is 0. The van der Waals surface area contributed by atoms with E-state index in [1.165, 1.54) is 12.4 Å². The molecule has 21 heavy (non-hydrogen) atoms. The fraction of sp³-hybridized carbons (Fsp3) is 0.154. The molecule has 1 aromatic carbocycles. The maximum absolute atomic E-state index is 12.1. The van der Waals surface area contributed by atoms with Gasteiger partial charge in [0.05, 0.1) is 24.0 Å². The van der Waals surface area contributed by atoms with Crippen LogP contribution in [0.3, 0.4) is 0 Å². The Hall–Kier alpha value is -2.50. The van der Waals surface area contributed by atoms with Gasteiger partial charge in [0.15, 0.2) is 0 Å². The number of hydrogen-bond acceptors (Lipinski definition) is 6. The van der Waals surface area contributed by atoms with Gasteiger partial charge in [-0.1, -0.05) is 12.1 Å². The minimum Gasteiger partial charge on any atom is -0.357 e. The van der Waals surface area contributed by atoms with Gasteiger partial charge in [-0.15, -0.1) is 0 Å². The molecule has 1 aromatic heterocycles. The first-order chi connectivity index (χ1) is 10.0. The SMILES string of the molecule is CNc1ncc(S(=O)(=O)NCc2cccc(C#N)c2)cn1. The van der Waals surface area contributed by atoms with Gasteiger partial charge in [0.2, 0.25) is 16.0 Å². The van der Waals surface area contributed by atoms with E-state index in [2.05, 4.69) is 20.0 Å². The molecule has 0 aliphatic carbocycles. The van der Waals surface area contributed by atoms with Gasteiger partial charge in [0.1, 0.15) is 4.90 Å².